The number of fused-ring (bicyclic) bond motifs is 1. The zero-order chi connectivity index (χ0) is 13.9. The molecule has 1 heterocycles. The van der Waals surface area contributed by atoms with Crippen molar-refractivity contribution in [3.05, 3.63) is 30.5 Å². The summed E-state index contributed by atoms with van der Waals surface area (Å²) in [6.07, 6.45) is 5.45. The van der Waals surface area contributed by atoms with Gasteiger partial charge < -0.3 is 14.7 Å². The molecular formula is C16H20N2O2. The maximum Gasteiger partial charge on any atom is 0.136 e. The predicted octanol–water partition coefficient (Wildman–Crippen LogP) is 2.59. The molecular weight excluding hydrogens is 252 g/mol. The van der Waals surface area contributed by atoms with Gasteiger partial charge in [-0.3, -0.25) is 0 Å². The van der Waals surface area contributed by atoms with Gasteiger partial charge in [-0.1, -0.05) is 12.1 Å². The Morgan fingerprint density at radius 3 is 2.80 bits per heavy atom. The number of hydrogen-bond donors (Lipinski definition) is 1. The first-order chi connectivity index (χ1) is 9.85. The van der Waals surface area contributed by atoms with Gasteiger partial charge in [-0.25, -0.2) is 4.98 Å². The fraction of sp³-hybridized carbons (Fsp3) is 0.438. The third-order valence-corrected chi connectivity index (χ3v) is 4.09. The maximum absolute atomic E-state index is 9.35. The highest BCUT2D eigenvalue weighted by Crippen LogP contribution is 2.35. The fourth-order valence-corrected chi connectivity index (χ4v) is 2.84. The maximum atomic E-state index is 9.35. The Hall–Kier alpha value is -1.81. The van der Waals surface area contributed by atoms with Crippen LogP contribution < -0.4 is 9.64 Å². The minimum atomic E-state index is 0.151. The van der Waals surface area contributed by atoms with Gasteiger partial charge in [-0.15, -0.1) is 0 Å². The van der Waals surface area contributed by atoms with Gasteiger partial charge >= 0.3 is 0 Å². The second kappa shape index (κ2) is 5.67. The second-order valence-electron chi connectivity index (χ2n) is 5.19. The lowest BCUT2D eigenvalue weighted by Crippen LogP contribution is -2.42. The number of hydrogen-bond acceptors (Lipinski definition) is 4. The zero-order valence-corrected chi connectivity index (χ0v) is 11.7. The van der Waals surface area contributed by atoms with Crippen LogP contribution in [0.3, 0.4) is 0 Å². The minimum Gasteiger partial charge on any atom is -0.496 e. The molecule has 106 valence electrons. The van der Waals surface area contributed by atoms with Gasteiger partial charge in [-0.05, 0) is 31.4 Å². The molecule has 1 aromatic carbocycles. The highest BCUT2D eigenvalue weighted by atomic mass is 16.5. The first-order valence-corrected chi connectivity index (χ1v) is 7.14. The van der Waals surface area contributed by atoms with Gasteiger partial charge in [-0.2, -0.15) is 0 Å². The monoisotopic (exact) mass is 272 g/mol. The van der Waals surface area contributed by atoms with E-state index in [1.807, 2.05) is 24.4 Å². The van der Waals surface area contributed by atoms with Crippen molar-refractivity contribution >= 4 is 16.6 Å². The molecule has 4 nitrogen and oxygen atoms in total. The largest absolute Gasteiger partial charge is 0.496 e. The number of anilines is 1. The number of pyridine rings is 1. The summed E-state index contributed by atoms with van der Waals surface area (Å²) >= 11 is 0. The van der Waals surface area contributed by atoms with Crippen molar-refractivity contribution < 1.29 is 9.84 Å². The molecule has 0 amide bonds. The van der Waals surface area contributed by atoms with Gasteiger partial charge in [0.25, 0.3) is 0 Å². The van der Waals surface area contributed by atoms with Crippen LogP contribution in [-0.2, 0) is 0 Å². The van der Waals surface area contributed by atoms with Crippen LogP contribution in [0.1, 0.15) is 19.3 Å². The lowest BCUT2D eigenvalue weighted by atomic mass is 9.91. The fourth-order valence-electron chi connectivity index (χ4n) is 2.84. The van der Waals surface area contributed by atoms with E-state index in [4.69, 9.17) is 4.74 Å². The van der Waals surface area contributed by atoms with Crippen LogP contribution in [0.5, 0.6) is 5.75 Å². The van der Waals surface area contributed by atoms with E-state index in [1.165, 1.54) is 19.3 Å². The van der Waals surface area contributed by atoms with Crippen molar-refractivity contribution in [2.75, 3.05) is 25.2 Å². The summed E-state index contributed by atoms with van der Waals surface area (Å²) in [7, 11) is 1.69. The molecule has 1 aliphatic carbocycles. The van der Waals surface area contributed by atoms with Crippen LogP contribution in [0, 0.1) is 0 Å². The highest BCUT2D eigenvalue weighted by Gasteiger charge is 2.26. The number of aliphatic hydroxyl groups excluding tert-OH is 1. The number of rotatable bonds is 5. The molecule has 2 aromatic rings. The summed E-state index contributed by atoms with van der Waals surface area (Å²) in [5.74, 6) is 1.82. The van der Waals surface area contributed by atoms with Gasteiger partial charge in [0, 0.05) is 29.6 Å². The Balaban J connectivity index is 2.09. The van der Waals surface area contributed by atoms with Crippen LogP contribution in [0.4, 0.5) is 5.82 Å². The second-order valence-corrected chi connectivity index (χ2v) is 5.19. The Labute approximate surface area is 119 Å². The number of aliphatic hydroxyl groups is 1. The van der Waals surface area contributed by atoms with Crippen LogP contribution in [0.25, 0.3) is 10.8 Å². The van der Waals surface area contributed by atoms with E-state index in [2.05, 4.69) is 16.0 Å². The summed E-state index contributed by atoms with van der Waals surface area (Å²) in [6, 6.07) is 8.51. The van der Waals surface area contributed by atoms with Crippen molar-refractivity contribution in [3.8, 4) is 5.75 Å². The van der Waals surface area contributed by atoms with Gasteiger partial charge in [0.2, 0.25) is 0 Å². The molecule has 20 heavy (non-hydrogen) atoms. The average Bonchev–Trinajstić information content (AvgIpc) is 2.43. The van der Waals surface area contributed by atoms with Crippen LogP contribution in [-0.4, -0.2) is 36.4 Å². The molecule has 0 unspecified atom stereocenters. The Bertz CT molecular complexity index is 596. The van der Waals surface area contributed by atoms with E-state index in [0.717, 1.165) is 22.3 Å². The van der Waals surface area contributed by atoms with Gasteiger partial charge in [0.15, 0.2) is 0 Å². The number of nitrogens with zero attached hydrogens (tertiary/aromatic N) is 2. The van der Waals surface area contributed by atoms with E-state index in [1.54, 1.807) is 7.11 Å². The molecule has 0 saturated heterocycles. The van der Waals surface area contributed by atoms with Crippen LogP contribution in [0.2, 0.25) is 0 Å². The summed E-state index contributed by atoms with van der Waals surface area (Å²) in [4.78, 5) is 6.80. The smallest absolute Gasteiger partial charge is 0.136 e. The quantitative estimate of drug-likeness (QED) is 0.908. The number of benzene rings is 1. The summed E-state index contributed by atoms with van der Waals surface area (Å²) in [5.41, 5.74) is 0. The van der Waals surface area contributed by atoms with E-state index < -0.39 is 0 Å². The van der Waals surface area contributed by atoms with Crippen LogP contribution >= 0.6 is 0 Å². The molecule has 0 bridgehead atoms. The molecule has 0 spiro atoms. The van der Waals surface area contributed by atoms with E-state index in [9.17, 15) is 5.11 Å². The predicted molar refractivity (Wildman–Crippen MR) is 80.4 cm³/mol. The summed E-state index contributed by atoms with van der Waals surface area (Å²) < 4.78 is 5.43. The molecule has 0 aliphatic heterocycles. The third kappa shape index (κ3) is 2.20. The van der Waals surface area contributed by atoms with E-state index >= 15 is 0 Å². The third-order valence-electron chi connectivity index (χ3n) is 4.09. The lowest BCUT2D eigenvalue weighted by Gasteiger charge is -2.38. The Kier molecular flexibility index (Phi) is 3.74. The highest BCUT2D eigenvalue weighted by molar-refractivity contribution is 5.96. The number of methoxy groups -OCH3 is 1. The first kappa shape index (κ1) is 13.2. The summed E-state index contributed by atoms with van der Waals surface area (Å²) in [6.45, 7) is 0.784. The van der Waals surface area contributed by atoms with Gasteiger partial charge in [0.05, 0.1) is 13.7 Å². The summed E-state index contributed by atoms with van der Waals surface area (Å²) in [5, 5.41) is 11.5. The topological polar surface area (TPSA) is 45.6 Å². The molecule has 1 saturated carbocycles. The standard InChI is InChI=1S/C16H20N2O2/c1-20-15-7-3-6-14-13(15)8-9-17-16(14)18(10-11-19)12-4-2-5-12/h3,6-9,12,19H,2,4-5,10-11H2,1H3. The first-order valence-electron chi connectivity index (χ1n) is 7.14. The minimum absolute atomic E-state index is 0.151. The van der Waals surface area contributed by atoms with Gasteiger partial charge in [0.1, 0.15) is 11.6 Å². The van der Waals surface area contributed by atoms with Crippen molar-refractivity contribution in [2.45, 2.75) is 25.3 Å². The molecule has 4 heteroatoms. The molecule has 3 rings (SSSR count). The van der Waals surface area contributed by atoms with Crippen molar-refractivity contribution in [3.63, 3.8) is 0 Å². The lowest BCUT2D eigenvalue weighted by molar-refractivity contribution is 0.283. The van der Waals surface area contributed by atoms with Crippen molar-refractivity contribution in [2.24, 2.45) is 0 Å². The van der Waals surface area contributed by atoms with Crippen molar-refractivity contribution in [1.82, 2.24) is 4.98 Å². The van der Waals surface area contributed by atoms with E-state index in [-0.39, 0.29) is 6.61 Å². The Morgan fingerprint density at radius 2 is 2.15 bits per heavy atom. The number of ether oxygens (including phenoxy) is 1. The van der Waals surface area contributed by atoms with E-state index in [0.29, 0.717) is 12.6 Å². The normalized spacial score (nSPS) is 15.1. The SMILES string of the molecule is COc1cccc2c(N(CCO)C3CCC3)nccc12. The van der Waals surface area contributed by atoms with Crippen molar-refractivity contribution in [1.29, 1.82) is 0 Å². The molecule has 1 N–H and O–H groups in total. The number of aromatic nitrogens is 1. The molecule has 1 fully saturated rings. The molecule has 0 atom stereocenters. The Morgan fingerprint density at radius 1 is 1.30 bits per heavy atom. The molecule has 1 aromatic heterocycles. The molecule has 0 radical (unpaired) electrons. The molecule has 1 aliphatic rings. The zero-order valence-electron chi connectivity index (χ0n) is 11.7. The average molecular weight is 272 g/mol. The van der Waals surface area contributed by atoms with Crippen LogP contribution in [0.15, 0.2) is 30.5 Å².